The smallest absolute Gasteiger partial charge is 0.274 e. The van der Waals surface area contributed by atoms with Crippen LogP contribution < -0.4 is 0 Å². The van der Waals surface area contributed by atoms with E-state index in [9.17, 15) is 4.79 Å². The largest absolute Gasteiger partial charge is 0.337 e. The van der Waals surface area contributed by atoms with Crippen LogP contribution in [0.5, 0.6) is 0 Å². The van der Waals surface area contributed by atoms with Crippen molar-refractivity contribution in [2.75, 3.05) is 7.05 Å². The summed E-state index contributed by atoms with van der Waals surface area (Å²) in [6.07, 6.45) is 5.57. The molecule has 1 aliphatic rings. The van der Waals surface area contributed by atoms with Crippen molar-refractivity contribution >= 4 is 29.1 Å². The monoisotopic (exact) mass is 523 g/mol. The molecule has 0 N–H and O–H groups in total. The van der Waals surface area contributed by atoms with Crippen LogP contribution in [0.25, 0.3) is 28.3 Å². The molecule has 1 aliphatic carbocycles. The highest BCUT2D eigenvalue weighted by molar-refractivity contribution is 6.35. The van der Waals surface area contributed by atoms with Gasteiger partial charge in [0.1, 0.15) is 0 Å². The van der Waals surface area contributed by atoms with Gasteiger partial charge in [0.25, 0.3) is 5.91 Å². The minimum absolute atomic E-state index is 0.0775. The number of nitrogens with zero attached hydrogens (tertiary/aromatic N) is 7. The Morgan fingerprint density at radius 1 is 1.03 bits per heavy atom. The zero-order valence-electron chi connectivity index (χ0n) is 20.4. The first kappa shape index (κ1) is 24.5. The van der Waals surface area contributed by atoms with E-state index in [0.29, 0.717) is 27.3 Å². The molecule has 8 nitrogen and oxygen atoms in total. The SMILES string of the molecule is Cc1c(C(=O)N(C)C2CCCCC2)nn(-c2ccc(Cl)cc2Cl)c1-c1ccc(-c2nnnn2C)cc1. The summed E-state index contributed by atoms with van der Waals surface area (Å²) in [4.78, 5) is 15.5. The van der Waals surface area contributed by atoms with Crippen LogP contribution in [-0.4, -0.2) is 53.9 Å². The van der Waals surface area contributed by atoms with Crippen LogP contribution >= 0.6 is 23.2 Å². The van der Waals surface area contributed by atoms with E-state index in [0.717, 1.165) is 48.1 Å². The Bertz CT molecular complexity index is 1400. The molecule has 0 atom stereocenters. The van der Waals surface area contributed by atoms with Gasteiger partial charge in [-0.05, 0) is 48.4 Å². The summed E-state index contributed by atoms with van der Waals surface area (Å²) in [5.41, 5.74) is 4.44. The molecule has 1 amide bonds. The van der Waals surface area contributed by atoms with E-state index < -0.39 is 0 Å². The Morgan fingerprint density at radius 3 is 2.36 bits per heavy atom. The molecule has 0 spiro atoms. The van der Waals surface area contributed by atoms with Crippen molar-refractivity contribution in [3.63, 3.8) is 0 Å². The van der Waals surface area contributed by atoms with E-state index in [4.69, 9.17) is 28.3 Å². The highest BCUT2D eigenvalue weighted by Crippen LogP contribution is 2.34. The van der Waals surface area contributed by atoms with Crippen molar-refractivity contribution in [3.8, 4) is 28.3 Å². The fraction of sp³-hybridized carbons (Fsp3) is 0.346. The standard InChI is InChI=1S/C26H27Cl2N7O/c1-16-23(26(36)33(2)20-7-5-4-6-8-20)30-35(22-14-13-19(27)15-21(22)28)24(16)17-9-11-18(12-10-17)25-29-31-32-34(25)3/h9-15,20H,4-8H2,1-3H3. The molecule has 0 saturated heterocycles. The molecule has 0 radical (unpaired) electrons. The average molecular weight is 524 g/mol. The van der Waals surface area contributed by atoms with Gasteiger partial charge < -0.3 is 4.90 Å². The van der Waals surface area contributed by atoms with E-state index in [2.05, 4.69) is 15.5 Å². The third-order valence-corrected chi connectivity index (χ3v) is 7.48. The molecule has 4 aromatic rings. The van der Waals surface area contributed by atoms with Crippen LogP contribution in [0.3, 0.4) is 0 Å². The van der Waals surface area contributed by atoms with Gasteiger partial charge in [0.05, 0.1) is 16.4 Å². The molecule has 186 valence electrons. The first-order chi connectivity index (χ1) is 17.3. The minimum Gasteiger partial charge on any atom is -0.337 e. The van der Waals surface area contributed by atoms with Crippen molar-refractivity contribution in [3.05, 3.63) is 63.8 Å². The molecular weight excluding hydrogens is 497 g/mol. The maximum atomic E-state index is 13.7. The summed E-state index contributed by atoms with van der Waals surface area (Å²) in [5.74, 6) is 0.587. The van der Waals surface area contributed by atoms with Gasteiger partial charge in [-0.25, -0.2) is 9.36 Å². The Kier molecular flexibility index (Phi) is 6.81. The first-order valence-electron chi connectivity index (χ1n) is 12.0. The lowest BCUT2D eigenvalue weighted by Gasteiger charge is -2.30. The summed E-state index contributed by atoms with van der Waals surface area (Å²) < 4.78 is 3.37. The zero-order chi connectivity index (χ0) is 25.4. The highest BCUT2D eigenvalue weighted by Gasteiger charge is 2.29. The lowest BCUT2D eigenvalue weighted by atomic mass is 9.94. The maximum Gasteiger partial charge on any atom is 0.274 e. The third-order valence-electron chi connectivity index (χ3n) is 6.94. The normalized spacial score (nSPS) is 14.2. The molecule has 0 aliphatic heterocycles. The molecule has 1 fully saturated rings. The number of aryl methyl sites for hydroxylation is 1. The fourth-order valence-corrected chi connectivity index (χ4v) is 5.41. The molecule has 2 aromatic carbocycles. The number of carbonyl (C=O) groups is 1. The number of amides is 1. The number of hydrogen-bond acceptors (Lipinski definition) is 5. The van der Waals surface area contributed by atoms with Crippen LogP contribution in [0.4, 0.5) is 0 Å². The van der Waals surface area contributed by atoms with Crippen LogP contribution in [0, 0.1) is 6.92 Å². The topological polar surface area (TPSA) is 81.7 Å². The second kappa shape index (κ2) is 10.0. The Hall–Kier alpha value is -3.23. The second-order valence-corrected chi connectivity index (χ2v) is 10.1. The molecule has 2 heterocycles. The molecular formula is C26H27Cl2N7O. The molecule has 0 unspecified atom stereocenters. The summed E-state index contributed by atoms with van der Waals surface area (Å²) in [5, 5.41) is 17.5. The molecule has 5 rings (SSSR count). The van der Waals surface area contributed by atoms with E-state index in [1.807, 2.05) is 49.2 Å². The quantitative estimate of drug-likeness (QED) is 0.332. The van der Waals surface area contributed by atoms with Crippen molar-refractivity contribution in [1.29, 1.82) is 0 Å². The Balaban J connectivity index is 1.60. The molecule has 1 saturated carbocycles. The fourth-order valence-electron chi connectivity index (χ4n) is 4.92. The van der Waals surface area contributed by atoms with Gasteiger partial charge in [0.2, 0.25) is 0 Å². The number of rotatable bonds is 5. The van der Waals surface area contributed by atoms with Gasteiger partial charge in [0, 0.05) is 41.9 Å². The maximum absolute atomic E-state index is 13.7. The highest BCUT2D eigenvalue weighted by atomic mass is 35.5. The minimum atomic E-state index is -0.0775. The van der Waals surface area contributed by atoms with Crippen LogP contribution in [0.2, 0.25) is 10.0 Å². The van der Waals surface area contributed by atoms with Gasteiger partial charge in [0.15, 0.2) is 11.5 Å². The van der Waals surface area contributed by atoms with Gasteiger partial charge in [-0.15, -0.1) is 5.10 Å². The molecule has 10 heteroatoms. The first-order valence-corrected chi connectivity index (χ1v) is 12.8. The Morgan fingerprint density at radius 2 is 1.72 bits per heavy atom. The number of tetrazole rings is 1. The van der Waals surface area contributed by atoms with Crippen LogP contribution in [0.1, 0.15) is 48.2 Å². The van der Waals surface area contributed by atoms with Crippen molar-refractivity contribution in [1.82, 2.24) is 34.9 Å². The summed E-state index contributed by atoms with van der Waals surface area (Å²) in [6.45, 7) is 1.94. The molecule has 36 heavy (non-hydrogen) atoms. The number of benzene rings is 2. The Labute approximate surface area is 219 Å². The van der Waals surface area contributed by atoms with E-state index in [-0.39, 0.29) is 11.9 Å². The predicted octanol–water partition coefficient (Wildman–Crippen LogP) is 5.75. The van der Waals surface area contributed by atoms with Gasteiger partial charge in [-0.3, -0.25) is 4.79 Å². The van der Waals surface area contributed by atoms with Gasteiger partial charge in [-0.2, -0.15) is 5.10 Å². The predicted molar refractivity (Wildman–Crippen MR) is 141 cm³/mol. The summed E-state index contributed by atoms with van der Waals surface area (Å²) in [6, 6.07) is 13.4. The van der Waals surface area contributed by atoms with Gasteiger partial charge in [-0.1, -0.05) is 66.7 Å². The van der Waals surface area contributed by atoms with Crippen LogP contribution in [0.15, 0.2) is 42.5 Å². The number of halogens is 2. The third kappa shape index (κ3) is 4.51. The van der Waals surface area contributed by atoms with Crippen LogP contribution in [-0.2, 0) is 7.05 Å². The number of carbonyl (C=O) groups excluding carboxylic acids is 1. The number of aromatic nitrogens is 6. The van der Waals surface area contributed by atoms with E-state index in [1.165, 1.54) is 6.42 Å². The molecule has 2 aromatic heterocycles. The molecule has 0 bridgehead atoms. The number of hydrogen-bond donors (Lipinski definition) is 0. The van der Waals surface area contributed by atoms with Crippen molar-refractivity contribution < 1.29 is 4.79 Å². The summed E-state index contributed by atoms with van der Waals surface area (Å²) in [7, 11) is 3.68. The van der Waals surface area contributed by atoms with E-state index >= 15 is 0 Å². The average Bonchev–Trinajstić information content (AvgIpc) is 3.46. The van der Waals surface area contributed by atoms with Crippen molar-refractivity contribution in [2.45, 2.75) is 45.1 Å². The van der Waals surface area contributed by atoms with E-state index in [1.54, 1.807) is 28.5 Å². The second-order valence-electron chi connectivity index (χ2n) is 9.24. The lowest BCUT2D eigenvalue weighted by Crippen LogP contribution is -2.38. The zero-order valence-corrected chi connectivity index (χ0v) is 22.0. The lowest BCUT2D eigenvalue weighted by molar-refractivity contribution is 0.0689. The summed E-state index contributed by atoms with van der Waals surface area (Å²) >= 11 is 12.8. The van der Waals surface area contributed by atoms with Gasteiger partial charge >= 0.3 is 0 Å². The van der Waals surface area contributed by atoms with Crippen molar-refractivity contribution in [2.24, 2.45) is 7.05 Å².